The molecular formula is C23H24FN3O4. The molecule has 2 heterocycles. The Balaban J connectivity index is 1.48. The van der Waals surface area contributed by atoms with E-state index in [0.717, 1.165) is 12.8 Å². The molecular weight excluding hydrogens is 401 g/mol. The number of hydrogen-bond acceptors (Lipinski definition) is 6. The third-order valence-electron chi connectivity index (χ3n) is 5.24. The van der Waals surface area contributed by atoms with Gasteiger partial charge < -0.3 is 18.9 Å². The Kier molecular flexibility index (Phi) is 6.57. The first kappa shape index (κ1) is 21.0. The number of carbonyl (C=O) groups excluding carboxylic acids is 1. The number of halogens is 1. The van der Waals surface area contributed by atoms with Gasteiger partial charge >= 0.3 is 0 Å². The van der Waals surface area contributed by atoms with E-state index in [-0.39, 0.29) is 17.6 Å². The second kappa shape index (κ2) is 9.70. The van der Waals surface area contributed by atoms with Gasteiger partial charge in [-0.2, -0.15) is 4.98 Å². The average molecular weight is 425 g/mol. The summed E-state index contributed by atoms with van der Waals surface area (Å²) in [6.45, 7) is 1.93. The molecule has 31 heavy (non-hydrogen) atoms. The second-order valence-electron chi connectivity index (χ2n) is 7.39. The van der Waals surface area contributed by atoms with Gasteiger partial charge in [0.25, 0.3) is 5.91 Å². The third kappa shape index (κ3) is 4.91. The van der Waals surface area contributed by atoms with Crippen LogP contribution < -0.4 is 4.74 Å². The van der Waals surface area contributed by atoms with E-state index in [1.165, 1.54) is 12.1 Å². The molecule has 0 bridgehead atoms. The van der Waals surface area contributed by atoms with Crippen LogP contribution in [0.25, 0.3) is 11.4 Å². The van der Waals surface area contributed by atoms with Gasteiger partial charge in [-0.3, -0.25) is 4.79 Å². The van der Waals surface area contributed by atoms with E-state index < -0.39 is 0 Å². The first-order chi connectivity index (χ1) is 15.2. The predicted molar refractivity (Wildman–Crippen MR) is 111 cm³/mol. The van der Waals surface area contributed by atoms with Crippen LogP contribution in [0.15, 0.2) is 53.1 Å². The summed E-state index contributed by atoms with van der Waals surface area (Å²) in [5, 5.41) is 4.00. The van der Waals surface area contributed by atoms with Gasteiger partial charge in [-0.05, 0) is 37.1 Å². The third-order valence-corrected chi connectivity index (χ3v) is 5.24. The van der Waals surface area contributed by atoms with Gasteiger partial charge in [-0.25, -0.2) is 4.39 Å². The van der Waals surface area contributed by atoms with Crippen LogP contribution in [-0.4, -0.2) is 54.4 Å². The number of rotatable bonds is 7. The van der Waals surface area contributed by atoms with Crippen molar-refractivity contribution in [1.82, 2.24) is 15.0 Å². The predicted octanol–water partition coefficient (Wildman–Crippen LogP) is 3.92. The van der Waals surface area contributed by atoms with Crippen LogP contribution in [0.3, 0.4) is 0 Å². The number of nitrogens with zero attached hydrogens (tertiary/aromatic N) is 3. The van der Waals surface area contributed by atoms with Crippen LogP contribution in [0, 0.1) is 5.82 Å². The van der Waals surface area contributed by atoms with Gasteiger partial charge in [0.05, 0.1) is 18.1 Å². The molecule has 0 N–H and O–H groups in total. The molecule has 1 aromatic heterocycles. The lowest BCUT2D eigenvalue weighted by atomic mass is 9.97. The second-order valence-corrected chi connectivity index (χ2v) is 7.39. The van der Waals surface area contributed by atoms with Crippen molar-refractivity contribution < 1.29 is 23.2 Å². The number of hydrogen-bond donors (Lipinski definition) is 0. The van der Waals surface area contributed by atoms with E-state index >= 15 is 0 Å². The topological polar surface area (TPSA) is 77.7 Å². The Bertz CT molecular complexity index is 1040. The molecule has 0 spiro atoms. The minimum absolute atomic E-state index is 0.0749. The average Bonchev–Trinajstić information content (AvgIpc) is 3.30. The number of amides is 1. The Hall–Kier alpha value is -3.26. The van der Waals surface area contributed by atoms with Gasteiger partial charge in [0.2, 0.25) is 11.7 Å². The smallest absolute Gasteiger partial charge is 0.257 e. The molecule has 2 aromatic carbocycles. The van der Waals surface area contributed by atoms with Crippen molar-refractivity contribution in [3.05, 3.63) is 65.8 Å². The van der Waals surface area contributed by atoms with Crippen LogP contribution in [0.5, 0.6) is 5.75 Å². The number of para-hydroxylation sites is 1. The maximum atomic E-state index is 13.5. The van der Waals surface area contributed by atoms with E-state index in [4.69, 9.17) is 14.0 Å². The highest BCUT2D eigenvalue weighted by Crippen LogP contribution is 2.30. The number of carbonyl (C=O) groups is 1. The van der Waals surface area contributed by atoms with E-state index in [2.05, 4.69) is 10.1 Å². The highest BCUT2D eigenvalue weighted by molar-refractivity contribution is 5.97. The Morgan fingerprint density at radius 2 is 2.10 bits per heavy atom. The zero-order valence-corrected chi connectivity index (χ0v) is 17.3. The summed E-state index contributed by atoms with van der Waals surface area (Å²) in [5.41, 5.74) is 1.08. The van der Waals surface area contributed by atoms with Crippen molar-refractivity contribution in [2.45, 2.75) is 18.8 Å². The number of likely N-dealkylation sites (tertiary alicyclic amines) is 1. The minimum atomic E-state index is -0.357. The van der Waals surface area contributed by atoms with Crippen molar-refractivity contribution in [2.24, 2.45) is 0 Å². The molecule has 162 valence electrons. The quantitative estimate of drug-likeness (QED) is 0.534. The Labute approximate surface area is 179 Å². The molecule has 1 saturated heterocycles. The largest absolute Gasteiger partial charge is 0.490 e. The molecule has 1 fully saturated rings. The van der Waals surface area contributed by atoms with Gasteiger partial charge in [0.15, 0.2) is 0 Å². The summed E-state index contributed by atoms with van der Waals surface area (Å²) >= 11 is 0. The molecule has 1 aliphatic rings. The summed E-state index contributed by atoms with van der Waals surface area (Å²) in [4.78, 5) is 19.4. The van der Waals surface area contributed by atoms with Crippen LogP contribution in [0.2, 0.25) is 0 Å². The van der Waals surface area contributed by atoms with Crippen molar-refractivity contribution in [2.75, 3.05) is 33.4 Å². The lowest BCUT2D eigenvalue weighted by Crippen LogP contribution is -2.39. The normalized spacial score (nSPS) is 16.3. The molecule has 4 rings (SSSR count). The summed E-state index contributed by atoms with van der Waals surface area (Å²) in [7, 11) is 1.60. The van der Waals surface area contributed by atoms with E-state index in [9.17, 15) is 9.18 Å². The summed E-state index contributed by atoms with van der Waals surface area (Å²) in [6, 6.07) is 13.3. The summed E-state index contributed by atoms with van der Waals surface area (Å²) in [6.07, 6.45) is 1.65. The standard InChI is InChI=1S/C23H24FN3O4/c1-29-12-13-30-20-10-3-2-9-19(20)23(28)27-11-5-7-17(15-27)22-25-21(26-31-22)16-6-4-8-18(24)14-16/h2-4,6,8-10,14,17H,5,7,11-13,15H2,1H3. The molecule has 1 atom stereocenters. The van der Waals surface area contributed by atoms with Gasteiger partial charge in [-0.1, -0.05) is 29.4 Å². The first-order valence-corrected chi connectivity index (χ1v) is 10.3. The highest BCUT2D eigenvalue weighted by atomic mass is 19.1. The van der Waals surface area contributed by atoms with Crippen LogP contribution in [0.4, 0.5) is 4.39 Å². The highest BCUT2D eigenvalue weighted by Gasteiger charge is 2.30. The van der Waals surface area contributed by atoms with Crippen LogP contribution in [-0.2, 0) is 4.74 Å². The molecule has 7 nitrogen and oxygen atoms in total. The first-order valence-electron chi connectivity index (χ1n) is 10.3. The van der Waals surface area contributed by atoms with Crippen molar-refractivity contribution in [3.8, 4) is 17.1 Å². The molecule has 1 aliphatic heterocycles. The monoisotopic (exact) mass is 425 g/mol. The van der Waals surface area contributed by atoms with Crippen molar-refractivity contribution in [3.63, 3.8) is 0 Å². The number of aromatic nitrogens is 2. The van der Waals surface area contributed by atoms with Gasteiger partial charge in [-0.15, -0.1) is 0 Å². The van der Waals surface area contributed by atoms with Crippen molar-refractivity contribution in [1.29, 1.82) is 0 Å². The maximum absolute atomic E-state index is 13.5. The lowest BCUT2D eigenvalue weighted by Gasteiger charge is -2.31. The van der Waals surface area contributed by atoms with Crippen LogP contribution >= 0.6 is 0 Å². The summed E-state index contributed by atoms with van der Waals surface area (Å²) < 4.78 is 29.7. The zero-order chi connectivity index (χ0) is 21.6. The fourth-order valence-corrected chi connectivity index (χ4v) is 3.68. The number of piperidine rings is 1. The Morgan fingerprint density at radius 3 is 2.94 bits per heavy atom. The molecule has 0 aliphatic carbocycles. The van der Waals surface area contributed by atoms with E-state index in [0.29, 0.717) is 54.9 Å². The van der Waals surface area contributed by atoms with E-state index in [1.54, 1.807) is 36.3 Å². The van der Waals surface area contributed by atoms with Gasteiger partial charge in [0, 0.05) is 25.8 Å². The fraction of sp³-hybridized carbons (Fsp3) is 0.348. The molecule has 0 radical (unpaired) electrons. The minimum Gasteiger partial charge on any atom is -0.490 e. The molecule has 1 amide bonds. The van der Waals surface area contributed by atoms with Gasteiger partial charge in [0.1, 0.15) is 18.2 Å². The molecule has 3 aromatic rings. The number of ether oxygens (including phenoxy) is 2. The maximum Gasteiger partial charge on any atom is 0.257 e. The SMILES string of the molecule is COCCOc1ccccc1C(=O)N1CCCC(c2nc(-c3cccc(F)c3)no2)C1. The number of methoxy groups -OCH3 is 1. The lowest BCUT2D eigenvalue weighted by molar-refractivity contribution is 0.0689. The van der Waals surface area contributed by atoms with Crippen LogP contribution in [0.1, 0.15) is 35.0 Å². The van der Waals surface area contributed by atoms with Crippen molar-refractivity contribution >= 4 is 5.91 Å². The molecule has 0 saturated carbocycles. The number of benzene rings is 2. The molecule has 8 heteroatoms. The molecule has 1 unspecified atom stereocenters. The zero-order valence-electron chi connectivity index (χ0n) is 17.3. The fourth-order valence-electron chi connectivity index (χ4n) is 3.68. The Morgan fingerprint density at radius 1 is 1.23 bits per heavy atom. The van der Waals surface area contributed by atoms with E-state index in [1.807, 2.05) is 12.1 Å². The summed E-state index contributed by atoms with van der Waals surface area (Å²) in [5.74, 6) is 0.815.